The number of pyridine rings is 1. The van der Waals surface area contributed by atoms with Crippen LogP contribution in [-0.2, 0) is 0 Å². The second kappa shape index (κ2) is 10.8. The number of benzene rings is 7. The largest absolute Gasteiger partial charge is 0.294 e. The van der Waals surface area contributed by atoms with Crippen molar-refractivity contribution >= 4 is 60.4 Å². The fourth-order valence-electron chi connectivity index (χ4n) is 7.94. The lowest BCUT2D eigenvalue weighted by Gasteiger charge is -2.14. The van der Waals surface area contributed by atoms with E-state index in [4.69, 9.17) is 9.97 Å². The first kappa shape index (κ1) is 27.9. The van der Waals surface area contributed by atoms with E-state index in [0.717, 1.165) is 83.5 Å². The lowest BCUT2D eigenvalue weighted by atomic mass is 9.99. The van der Waals surface area contributed by atoms with Gasteiger partial charge in [-0.15, -0.1) is 0 Å². The molecule has 7 aromatic carbocycles. The third-order valence-corrected chi connectivity index (χ3v) is 10.2. The summed E-state index contributed by atoms with van der Waals surface area (Å²) in [6, 6.07) is 62.3. The Morgan fingerprint density at radius 2 is 0.961 bits per heavy atom. The first-order chi connectivity index (χ1) is 25.3. The quantitative estimate of drug-likeness (QED) is 0.178. The highest BCUT2D eigenvalue weighted by molar-refractivity contribution is 6.17. The Bertz CT molecular complexity index is 3110. The van der Waals surface area contributed by atoms with Crippen molar-refractivity contribution in [2.24, 2.45) is 0 Å². The average Bonchev–Trinajstić information content (AvgIpc) is 3.88. The third-order valence-electron chi connectivity index (χ3n) is 10.2. The predicted molar refractivity (Wildman–Crippen MR) is 210 cm³/mol. The Hall–Kier alpha value is -6.98. The maximum absolute atomic E-state index is 5.40. The van der Waals surface area contributed by atoms with Crippen molar-refractivity contribution in [1.29, 1.82) is 0 Å². The maximum Gasteiger partial charge on any atom is 0.151 e. The van der Waals surface area contributed by atoms with Gasteiger partial charge in [-0.3, -0.25) is 13.5 Å². The molecule has 5 nitrogen and oxygen atoms in total. The molecule has 0 aliphatic heterocycles. The van der Waals surface area contributed by atoms with E-state index >= 15 is 0 Å². The third kappa shape index (κ3) is 4.09. The highest BCUT2D eigenvalue weighted by atomic mass is 15.2. The fourth-order valence-corrected chi connectivity index (χ4v) is 7.94. The van der Waals surface area contributed by atoms with Gasteiger partial charge in [0, 0.05) is 33.1 Å². The van der Waals surface area contributed by atoms with Crippen LogP contribution < -0.4 is 0 Å². The van der Waals surface area contributed by atoms with Crippen LogP contribution >= 0.6 is 0 Å². The SMILES string of the molecule is c1ccc(-n2c(-c3ccc(-c4ccc5c6ccccc6c6nc7c8ccccc8n(-c8ccccc8)c7n6c5c4)cc3)nc3ccccc32)cc1. The monoisotopic (exact) mass is 651 g/mol. The lowest BCUT2D eigenvalue weighted by Crippen LogP contribution is -1.99. The smallest absolute Gasteiger partial charge is 0.151 e. The molecular weight excluding hydrogens is 623 g/mol. The van der Waals surface area contributed by atoms with E-state index in [9.17, 15) is 0 Å². The van der Waals surface area contributed by atoms with E-state index in [1.54, 1.807) is 0 Å². The molecule has 0 fully saturated rings. The minimum Gasteiger partial charge on any atom is -0.294 e. The summed E-state index contributed by atoms with van der Waals surface area (Å²) in [4.78, 5) is 10.5. The van der Waals surface area contributed by atoms with Gasteiger partial charge in [0.2, 0.25) is 0 Å². The number of rotatable bonds is 4. The number of hydrogen-bond donors (Lipinski definition) is 0. The molecule has 11 rings (SSSR count). The Morgan fingerprint density at radius 1 is 0.373 bits per heavy atom. The van der Waals surface area contributed by atoms with Crippen LogP contribution in [0.1, 0.15) is 0 Å². The molecule has 0 amide bonds. The molecule has 0 spiro atoms. The maximum atomic E-state index is 5.40. The molecular formula is C46H29N5. The Labute approximate surface area is 292 Å². The fraction of sp³-hybridized carbons (Fsp3) is 0. The molecule has 0 N–H and O–H groups in total. The van der Waals surface area contributed by atoms with Crippen LogP contribution in [0.5, 0.6) is 0 Å². The van der Waals surface area contributed by atoms with Crippen molar-refractivity contribution in [3.8, 4) is 33.9 Å². The minimum absolute atomic E-state index is 0.926. The van der Waals surface area contributed by atoms with Crippen LogP contribution in [0, 0.1) is 0 Å². The Kier molecular flexibility index (Phi) is 5.89. The number of nitrogens with zero attached hydrogens (tertiary/aromatic N) is 5. The predicted octanol–water partition coefficient (Wildman–Crippen LogP) is 11.4. The Morgan fingerprint density at radius 3 is 1.73 bits per heavy atom. The molecule has 0 unspecified atom stereocenters. The topological polar surface area (TPSA) is 40.0 Å². The molecule has 11 aromatic rings. The second-order valence-corrected chi connectivity index (χ2v) is 13.1. The minimum atomic E-state index is 0.926. The van der Waals surface area contributed by atoms with E-state index in [0.29, 0.717) is 0 Å². The summed E-state index contributed by atoms with van der Waals surface area (Å²) in [5, 5.41) is 4.68. The second-order valence-electron chi connectivity index (χ2n) is 13.1. The first-order valence-electron chi connectivity index (χ1n) is 17.3. The zero-order valence-electron chi connectivity index (χ0n) is 27.5. The van der Waals surface area contributed by atoms with Crippen LogP contribution in [-0.4, -0.2) is 23.5 Å². The van der Waals surface area contributed by atoms with Crippen molar-refractivity contribution in [2.75, 3.05) is 0 Å². The van der Waals surface area contributed by atoms with Crippen molar-refractivity contribution in [3.05, 3.63) is 176 Å². The highest BCUT2D eigenvalue weighted by Gasteiger charge is 2.22. The molecule has 0 atom stereocenters. The molecule has 0 bridgehead atoms. The van der Waals surface area contributed by atoms with Gasteiger partial charge >= 0.3 is 0 Å². The standard InChI is InChI=1S/C46H29N5/c1-3-13-33(14-4-1)49-41-22-12-10-20-39(41)47-44(49)31-25-23-30(24-26-31)32-27-28-36-35-17-7-8-18-37(35)45-48-43-38-19-9-11-21-40(38)50(34-15-5-2-6-16-34)46(43)51(45)42(36)29-32/h1-29H. The van der Waals surface area contributed by atoms with Crippen molar-refractivity contribution in [1.82, 2.24) is 23.5 Å². The Balaban J connectivity index is 1.15. The van der Waals surface area contributed by atoms with Crippen LogP contribution in [0.2, 0.25) is 0 Å². The van der Waals surface area contributed by atoms with Gasteiger partial charge in [0.25, 0.3) is 0 Å². The van der Waals surface area contributed by atoms with Gasteiger partial charge in [-0.05, 0) is 65.0 Å². The number of fused-ring (bicyclic) bond motifs is 11. The molecule has 5 heteroatoms. The van der Waals surface area contributed by atoms with Gasteiger partial charge in [0.15, 0.2) is 5.65 Å². The molecule has 0 aliphatic carbocycles. The normalized spacial score (nSPS) is 11.9. The van der Waals surface area contributed by atoms with Crippen molar-refractivity contribution < 1.29 is 0 Å². The molecule has 4 aromatic heterocycles. The van der Waals surface area contributed by atoms with Crippen LogP contribution in [0.4, 0.5) is 0 Å². The summed E-state index contributed by atoms with van der Waals surface area (Å²) in [5.74, 6) is 0.926. The van der Waals surface area contributed by atoms with Gasteiger partial charge in [0.05, 0.1) is 22.1 Å². The van der Waals surface area contributed by atoms with Gasteiger partial charge in [0.1, 0.15) is 17.0 Å². The molecule has 51 heavy (non-hydrogen) atoms. The van der Waals surface area contributed by atoms with Crippen molar-refractivity contribution in [3.63, 3.8) is 0 Å². The summed E-state index contributed by atoms with van der Waals surface area (Å²) in [6.45, 7) is 0. The van der Waals surface area contributed by atoms with Crippen LogP contribution in [0.15, 0.2) is 176 Å². The van der Waals surface area contributed by atoms with E-state index in [1.807, 2.05) is 12.1 Å². The molecule has 0 saturated heterocycles. The molecule has 0 aliphatic rings. The molecule has 0 saturated carbocycles. The number of imidazole rings is 2. The molecule has 4 heterocycles. The average molecular weight is 652 g/mol. The molecule has 238 valence electrons. The molecule has 0 radical (unpaired) electrons. The highest BCUT2D eigenvalue weighted by Crippen LogP contribution is 2.39. The van der Waals surface area contributed by atoms with Gasteiger partial charge in [-0.2, -0.15) is 0 Å². The van der Waals surface area contributed by atoms with Crippen LogP contribution in [0.25, 0.3) is 94.3 Å². The number of para-hydroxylation sites is 5. The summed E-state index contributed by atoms with van der Waals surface area (Å²) in [6.07, 6.45) is 0. The van der Waals surface area contributed by atoms with E-state index in [1.165, 1.54) is 10.8 Å². The first-order valence-corrected chi connectivity index (χ1v) is 17.3. The van der Waals surface area contributed by atoms with Crippen LogP contribution in [0.3, 0.4) is 0 Å². The summed E-state index contributed by atoms with van der Waals surface area (Å²) in [5.41, 5.74) is 12.9. The van der Waals surface area contributed by atoms with E-state index in [-0.39, 0.29) is 0 Å². The lowest BCUT2D eigenvalue weighted by molar-refractivity contribution is 1.10. The summed E-state index contributed by atoms with van der Waals surface area (Å²) in [7, 11) is 0. The summed E-state index contributed by atoms with van der Waals surface area (Å²) >= 11 is 0. The van der Waals surface area contributed by atoms with Gasteiger partial charge in [-0.1, -0.05) is 127 Å². The van der Waals surface area contributed by atoms with E-state index in [2.05, 4.69) is 177 Å². The number of aromatic nitrogens is 5. The van der Waals surface area contributed by atoms with E-state index < -0.39 is 0 Å². The number of hydrogen-bond acceptors (Lipinski definition) is 2. The zero-order chi connectivity index (χ0) is 33.5. The van der Waals surface area contributed by atoms with Crippen molar-refractivity contribution in [2.45, 2.75) is 0 Å². The summed E-state index contributed by atoms with van der Waals surface area (Å²) < 4.78 is 6.98. The zero-order valence-corrected chi connectivity index (χ0v) is 27.5. The van der Waals surface area contributed by atoms with Gasteiger partial charge < -0.3 is 0 Å². The van der Waals surface area contributed by atoms with Gasteiger partial charge in [-0.25, -0.2) is 9.97 Å².